The summed E-state index contributed by atoms with van der Waals surface area (Å²) in [6.45, 7) is 4.52. The number of carbonyl (C=O) groups is 2. The van der Waals surface area contributed by atoms with Gasteiger partial charge in [0.05, 0.1) is 11.1 Å². The molecule has 0 atom stereocenters. The Bertz CT molecular complexity index is 911. The van der Waals surface area contributed by atoms with Gasteiger partial charge in [-0.3, -0.25) is 0 Å². The van der Waals surface area contributed by atoms with Gasteiger partial charge in [0.2, 0.25) is 0 Å². The number of unbranched alkanes of at least 4 members (excludes halogenated alkanes) is 4. The zero-order chi connectivity index (χ0) is 28.7. The number of aromatic carboxylic acids is 2. The van der Waals surface area contributed by atoms with Crippen LogP contribution in [0.15, 0.2) is 48.5 Å². The first-order chi connectivity index (χ1) is 19.4. The van der Waals surface area contributed by atoms with Crippen molar-refractivity contribution in [3.8, 4) is 0 Å². The highest BCUT2D eigenvalue weighted by Gasteiger charge is 2.23. The van der Waals surface area contributed by atoms with Crippen molar-refractivity contribution in [1.82, 2.24) is 0 Å². The van der Waals surface area contributed by atoms with Crippen molar-refractivity contribution in [2.75, 3.05) is 0 Å². The Morgan fingerprint density at radius 1 is 0.550 bits per heavy atom. The van der Waals surface area contributed by atoms with Gasteiger partial charge in [-0.25, -0.2) is 9.59 Å². The molecule has 40 heavy (non-hydrogen) atoms. The van der Waals surface area contributed by atoms with Crippen molar-refractivity contribution >= 4 is 11.9 Å². The second-order valence-electron chi connectivity index (χ2n) is 12.3. The molecule has 0 aromatic heterocycles. The summed E-state index contributed by atoms with van der Waals surface area (Å²) in [7, 11) is 0. The fourth-order valence-electron chi connectivity index (χ4n) is 6.73. The van der Waals surface area contributed by atoms with Crippen LogP contribution in [-0.2, 0) is 0 Å². The first kappa shape index (κ1) is 31.9. The van der Waals surface area contributed by atoms with Crippen LogP contribution in [0.25, 0.3) is 0 Å². The van der Waals surface area contributed by atoms with Crippen LogP contribution in [-0.4, -0.2) is 22.2 Å². The second kappa shape index (κ2) is 17.3. The summed E-state index contributed by atoms with van der Waals surface area (Å²) in [6, 6.07) is 15.0. The van der Waals surface area contributed by atoms with Gasteiger partial charge < -0.3 is 10.2 Å². The molecule has 0 radical (unpaired) electrons. The largest absolute Gasteiger partial charge is 0.478 e. The van der Waals surface area contributed by atoms with E-state index < -0.39 is 11.9 Å². The molecular formula is C36H52O4. The van der Waals surface area contributed by atoms with Crippen LogP contribution in [0.3, 0.4) is 0 Å². The SMILES string of the molecule is CCCCCC1CCC(c2ccc(C(=O)O)cc2)CC1.CCCCCC1CCC(c2ccc(C(=O)O)cc2)CC1. The maximum Gasteiger partial charge on any atom is 0.335 e. The topological polar surface area (TPSA) is 74.6 Å². The summed E-state index contributed by atoms with van der Waals surface area (Å²) in [5.41, 5.74) is 3.42. The minimum absolute atomic E-state index is 0.391. The molecule has 2 N–H and O–H groups in total. The van der Waals surface area contributed by atoms with Crippen LogP contribution in [0.2, 0.25) is 0 Å². The normalized spacial score (nSPS) is 22.6. The van der Waals surface area contributed by atoms with Crippen LogP contribution in [0, 0.1) is 11.8 Å². The van der Waals surface area contributed by atoms with E-state index in [4.69, 9.17) is 10.2 Å². The van der Waals surface area contributed by atoms with Gasteiger partial charge >= 0.3 is 11.9 Å². The van der Waals surface area contributed by atoms with Gasteiger partial charge in [0, 0.05) is 0 Å². The predicted octanol–water partition coefficient (Wildman–Crippen LogP) is 10.5. The zero-order valence-electron chi connectivity index (χ0n) is 25.0. The first-order valence-electron chi connectivity index (χ1n) is 16.1. The number of carboxylic acids is 2. The fraction of sp³-hybridized carbons (Fsp3) is 0.611. The van der Waals surface area contributed by atoms with Gasteiger partial charge in [0.15, 0.2) is 0 Å². The lowest BCUT2D eigenvalue weighted by Gasteiger charge is -2.29. The molecule has 220 valence electrons. The van der Waals surface area contributed by atoms with E-state index >= 15 is 0 Å². The highest BCUT2D eigenvalue weighted by molar-refractivity contribution is 5.88. The molecule has 0 bridgehead atoms. The molecule has 0 unspecified atom stereocenters. The molecule has 2 aliphatic rings. The van der Waals surface area contributed by atoms with Crippen LogP contribution < -0.4 is 0 Å². The number of carboxylic acid groups (broad SMARTS) is 2. The minimum Gasteiger partial charge on any atom is -0.478 e. The number of rotatable bonds is 12. The molecule has 2 fully saturated rings. The highest BCUT2D eigenvalue weighted by atomic mass is 16.4. The Labute approximate surface area is 242 Å². The van der Waals surface area contributed by atoms with Crippen molar-refractivity contribution in [1.29, 1.82) is 0 Å². The Balaban J connectivity index is 0.000000220. The molecule has 2 aromatic carbocycles. The smallest absolute Gasteiger partial charge is 0.335 e. The summed E-state index contributed by atoms with van der Waals surface area (Å²) in [4.78, 5) is 21.7. The third kappa shape index (κ3) is 10.4. The molecule has 0 spiro atoms. The van der Waals surface area contributed by atoms with E-state index in [-0.39, 0.29) is 0 Å². The van der Waals surface area contributed by atoms with Gasteiger partial charge in [-0.15, -0.1) is 0 Å². The first-order valence-corrected chi connectivity index (χ1v) is 16.1. The van der Waals surface area contributed by atoms with Gasteiger partial charge in [-0.2, -0.15) is 0 Å². The highest BCUT2D eigenvalue weighted by Crippen LogP contribution is 2.39. The van der Waals surface area contributed by atoms with E-state index in [2.05, 4.69) is 13.8 Å². The van der Waals surface area contributed by atoms with Crippen LogP contribution in [0.4, 0.5) is 0 Å². The maximum absolute atomic E-state index is 10.9. The molecular weight excluding hydrogens is 496 g/mol. The lowest BCUT2D eigenvalue weighted by molar-refractivity contribution is 0.0686. The van der Waals surface area contributed by atoms with Crippen LogP contribution in [0.5, 0.6) is 0 Å². The van der Waals surface area contributed by atoms with E-state index in [1.807, 2.05) is 24.3 Å². The molecule has 0 heterocycles. The lowest BCUT2D eigenvalue weighted by atomic mass is 9.77. The van der Waals surface area contributed by atoms with Crippen molar-refractivity contribution in [3.05, 3.63) is 70.8 Å². The fourth-order valence-corrected chi connectivity index (χ4v) is 6.73. The standard InChI is InChI=1S/2C18H26O2/c2*1-2-3-4-5-14-6-8-15(9-7-14)16-10-12-17(13-11-16)18(19)20/h2*10-15H,2-9H2,1H3,(H,19,20). The third-order valence-corrected chi connectivity index (χ3v) is 9.38. The van der Waals surface area contributed by atoms with Gasteiger partial charge in [0.1, 0.15) is 0 Å². The van der Waals surface area contributed by atoms with E-state index in [9.17, 15) is 9.59 Å². The Morgan fingerprint density at radius 3 is 1.15 bits per heavy atom. The Kier molecular flexibility index (Phi) is 13.8. The van der Waals surface area contributed by atoms with Crippen molar-refractivity contribution < 1.29 is 19.8 Å². The molecule has 4 heteroatoms. The van der Waals surface area contributed by atoms with Gasteiger partial charge in [0.25, 0.3) is 0 Å². The Morgan fingerprint density at radius 2 is 0.875 bits per heavy atom. The predicted molar refractivity (Wildman–Crippen MR) is 164 cm³/mol. The average molecular weight is 549 g/mol. The van der Waals surface area contributed by atoms with Crippen molar-refractivity contribution in [3.63, 3.8) is 0 Å². The average Bonchev–Trinajstić information content (AvgIpc) is 2.99. The molecule has 4 nitrogen and oxygen atoms in total. The molecule has 0 aliphatic heterocycles. The van der Waals surface area contributed by atoms with Crippen LogP contribution in [0.1, 0.15) is 160 Å². The number of hydrogen-bond acceptors (Lipinski definition) is 2. The summed E-state index contributed by atoms with van der Waals surface area (Å²) >= 11 is 0. The summed E-state index contributed by atoms with van der Waals surface area (Å²) in [6.07, 6.45) is 21.4. The number of benzene rings is 2. The van der Waals surface area contributed by atoms with Crippen molar-refractivity contribution in [2.45, 2.75) is 128 Å². The Hall–Kier alpha value is -2.62. The number of hydrogen-bond donors (Lipinski definition) is 2. The maximum atomic E-state index is 10.9. The van der Waals surface area contributed by atoms with E-state index in [0.717, 1.165) is 11.8 Å². The monoisotopic (exact) mass is 548 g/mol. The quantitative estimate of drug-likeness (QED) is 0.259. The summed E-state index contributed by atoms with van der Waals surface area (Å²) in [5, 5.41) is 17.8. The molecule has 2 aliphatic carbocycles. The summed E-state index contributed by atoms with van der Waals surface area (Å²) < 4.78 is 0. The van der Waals surface area contributed by atoms with Crippen LogP contribution >= 0.6 is 0 Å². The molecule has 0 amide bonds. The third-order valence-electron chi connectivity index (χ3n) is 9.38. The van der Waals surface area contributed by atoms with Crippen molar-refractivity contribution in [2.24, 2.45) is 11.8 Å². The molecule has 4 rings (SSSR count). The van der Waals surface area contributed by atoms with Gasteiger partial charge in [-0.1, -0.05) is 89.5 Å². The minimum atomic E-state index is -0.837. The van der Waals surface area contributed by atoms with E-state index in [1.165, 1.54) is 114 Å². The summed E-state index contributed by atoms with van der Waals surface area (Å²) in [5.74, 6) is 1.46. The van der Waals surface area contributed by atoms with E-state index in [1.54, 1.807) is 24.3 Å². The second-order valence-corrected chi connectivity index (χ2v) is 12.3. The van der Waals surface area contributed by atoms with Gasteiger partial charge in [-0.05, 0) is 110 Å². The molecule has 0 saturated heterocycles. The lowest BCUT2D eigenvalue weighted by Crippen LogP contribution is -2.13. The molecule has 2 saturated carbocycles. The molecule has 2 aromatic rings. The zero-order valence-corrected chi connectivity index (χ0v) is 25.0. The van der Waals surface area contributed by atoms with E-state index in [0.29, 0.717) is 23.0 Å².